The van der Waals surface area contributed by atoms with Gasteiger partial charge in [-0.15, -0.1) is 0 Å². The number of pyridine rings is 1. The van der Waals surface area contributed by atoms with Crippen molar-refractivity contribution < 1.29 is 4.79 Å². The van der Waals surface area contributed by atoms with Crippen molar-refractivity contribution in [3.63, 3.8) is 0 Å². The number of rotatable bonds is 4. The van der Waals surface area contributed by atoms with Crippen molar-refractivity contribution in [2.45, 2.75) is 35.7 Å². The van der Waals surface area contributed by atoms with Gasteiger partial charge in [0.15, 0.2) is 0 Å². The Kier molecular flexibility index (Phi) is 4.77. The van der Waals surface area contributed by atoms with Gasteiger partial charge in [0.1, 0.15) is 5.03 Å². The topological polar surface area (TPSA) is 45.2 Å². The third-order valence-electron chi connectivity index (χ3n) is 5.20. The molecule has 5 heteroatoms. The van der Waals surface area contributed by atoms with Crippen molar-refractivity contribution in [1.29, 1.82) is 0 Å². The molecule has 3 fully saturated rings. The van der Waals surface area contributed by atoms with Crippen molar-refractivity contribution >= 4 is 17.7 Å². The monoisotopic (exact) mass is 353 g/mol. The first-order valence-corrected chi connectivity index (χ1v) is 9.73. The van der Waals surface area contributed by atoms with E-state index in [2.05, 4.69) is 28.2 Å². The fourth-order valence-corrected chi connectivity index (χ4v) is 4.61. The molecule has 2 bridgehead atoms. The maximum atomic E-state index is 12.6. The van der Waals surface area contributed by atoms with Gasteiger partial charge >= 0.3 is 0 Å². The highest BCUT2D eigenvalue weighted by Gasteiger charge is 2.34. The first-order valence-electron chi connectivity index (χ1n) is 8.91. The summed E-state index contributed by atoms with van der Waals surface area (Å²) in [6.07, 6.45) is 4.25. The minimum absolute atomic E-state index is 0.0454. The number of fused-ring (bicyclic) bond motifs is 3. The Morgan fingerprint density at radius 1 is 1.20 bits per heavy atom. The molecule has 1 unspecified atom stereocenters. The molecular weight excluding hydrogens is 330 g/mol. The smallest absolute Gasteiger partial charge is 0.251 e. The van der Waals surface area contributed by atoms with Gasteiger partial charge in [-0.05, 0) is 80.7 Å². The SMILES string of the molecule is Cc1ccnc(Sc2ccc(C(=O)NC3CN4CCC3CC4)cc2)c1. The second-order valence-corrected chi connectivity index (χ2v) is 8.11. The van der Waals surface area contributed by atoms with Gasteiger partial charge in [0.25, 0.3) is 5.91 Å². The first-order chi connectivity index (χ1) is 12.2. The Morgan fingerprint density at radius 2 is 1.96 bits per heavy atom. The average Bonchev–Trinajstić information content (AvgIpc) is 2.63. The van der Waals surface area contributed by atoms with Crippen LogP contribution in [-0.4, -0.2) is 41.5 Å². The lowest BCUT2D eigenvalue weighted by atomic mass is 9.84. The molecule has 2 aromatic rings. The number of piperidine rings is 3. The standard InChI is InChI=1S/C20H23N3OS/c1-14-6-9-21-19(12-14)25-17-4-2-16(3-5-17)20(24)22-18-13-23-10-7-15(18)8-11-23/h2-6,9,12,15,18H,7-8,10-11,13H2,1H3,(H,22,24). The summed E-state index contributed by atoms with van der Waals surface area (Å²) >= 11 is 1.62. The fraction of sp³-hybridized carbons (Fsp3) is 0.400. The largest absolute Gasteiger partial charge is 0.348 e. The molecule has 5 rings (SSSR count). The van der Waals surface area contributed by atoms with E-state index in [-0.39, 0.29) is 5.91 Å². The predicted molar refractivity (Wildman–Crippen MR) is 100.0 cm³/mol. The summed E-state index contributed by atoms with van der Waals surface area (Å²) in [5.41, 5.74) is 1.93. The second-order valence-electron chi connectivity index (χ2n) is 7.02. The summed E-state index contributed by atoms with van der Waals surface area (Å²) < 4.78 is 0. The quantitative estimate of drug-likeness (QED) is 0.915. The van der Waals surface area contributed by atoms with Crippen molar-refractivity contribution in [1.82, 2.24) is 15.2 Å². The van der Waals surface area contributed by atoms with E-state index in [9.17, 15) is 4.79 Å². The van der Waals surface area contributed by atoms with Gasteiger partial charge in [-0.2, -0.15) is 0 Å². The van der Waals surface area contributed by atoms with E-state index in [4.69, 9.17) is 0 Å². The molecule has 3 aliphatic heterocycles. The summed E-state index contributed by atoms with van der Waals surface area (Å²) in [6, 6.07) is 12.2. The lowest BCUT2D eigenvalue weighted by molar-refractivity contribution is 0.0620. The van der Waals surface area contributed by atoms with E-state index >= 15 is 0 Å². The Labute approximate surface area is 153 Å². The number of benzene rings is 1. The van der Waals surface area contributed by atoms with Crippen LogP contribution < -0.4 is 5.32 Å². The van der Waals surface area contributed by atoms with Gasteiger partial charge in [0, 0.05) is 29.2 Å². The predicted octanol–water partition coefficient (Wildman–Crippen LogP) is 3.37. The van der Waals surface area contributed by atoms with Crippen LogP contribution in [0.2, 0.25) is 0 Å². The number of aryl methyl sites for hydroxylation is 1. The van der Waals surface area contributed by atoms with Crippen LogP contribution >= 0.6 is 11.8 Å². The van der Waals surface area contributed by atoms with Gasteiger partial charge in [0.2, 0.25) is 0 Å². The minimum atomic E-state index is 0.0454. The number of nitrogens with one attached hydrogen (secondary N) is 1. The lowest BCUT2D eigenvalue weighted by Gasteiger charge is -2.44. The summed E-state index contributed by atoms with van der Waals surface area (Å²) in [5.74, 6) is 0.695. The van der Waals surface area contributed by atoms with Crippen LogP contribution in [0.4, 0.5) is 0 Å². The maximum Gasteiger partial charge on any atom is 0.251 e. The summed E-state index contributed by atoms with van der Waals surface area (Å²) in [6.45, 7) is 5.45. The number of amides is 1. The van der Waals surface area contributed by atoms with Crippen LogP contribution in [0.5, 0.6) is 0 Å². The Morgan fingerprint density at radius 3 is 2.60 bits per heavy atom. The second kappa shape index (κ2) is 7.18. The lowest BCUT2D eigenvalue weighted by Crippen LogP contribution is -2.57. The zero-order chi connectivity index (χ0) is 17.2. The Balaban J connectivity index is 1.39. The molecule has 0 aliphatic carbocycles. The molecule has 1 amide bonds. The fourth-order valence-electron chi connectivity index (χ4n) is 3.74. The van der Waals surface area contributed by atoms with E-state index in [0.717, 1.165) is 22.0 Å². The van der Waals surface area contributed by atoms with Gasteiger partial charge < -0.3 is 10.2 Å². The molecule has 3 saturated heterocycles. The molecule has 25 heavy (non-hydrogen) atoms. The van der Waals surface area contributed by atoms with Crippen molar-refractivity contribution in [2.75, 3.05) is 19.6 Å². The average molecular weight is 353 g/mol. The molecule has 0 spiro atoms. The number of hydrogen-bond donors (Lipinski definition) is 1. The van der Waals surface area contributed by atoms with Gasteiger partial charge in [0.05, 0.1) is 0 Å². The van der Waals surface area contributed by atoms with Crippen molar-refractivity contribution in [2.24, 2.45) is 5.92 Å². The van der Waals surface area contributed by atoms with E-state index in [1.54, 1.807) is 11.8 Å². The minimum Gasteiger partial charge on any atom is -0.348 e. The number of aromatic nitrogens is 1. The summed E-state index contributed by atoms with van der Waals surface area (Å²) in [5, 5.41) is 4.22. The van der Waals surface area contributed by atoms with E-state index in [1.807, 2.05) is 36.5 Å². The van der Waals surface area contributed by atoms with Gasteiger partial charge in [-0.3, -0.25) is 4.79 Å². The molecule has 1 aromatic heterocycles. The molecule has 0 radical (unpaired) electrons. The molecular formula is C20H23N3OS. The number of nitrogens with zero attached hydrogens (tertiary/aromatic N) is 2. The van der Waals surface area contributed by atoms with Crippen molar-refractivity contribution in [3.8, 4) is 0 Å². The van der Waals surface area contributed by atoms with Crippen LogP contribution in [0.15, 0.2) is 52.5 Å². The van der Waals surface area contributed by atoms with Crippen LogP contribution in [0.1, 0.15) is 28.8 Å². The van der Waals surface area contributed by atoms with Crippen LogP contribution in [0.3, 0.4) is 0 Å². The molecule has 1 aromatic carbocycles. The molecule has 1 atom stereocenters. The number of hydrogen-bond acceptors (Lipinski definition) is 4. The molecule has 4 nitrogen and oxygen atoms in total. The molecule has 0 saturated carbocycles. The molecule has 4 heterocycles. The zero-order valence-corrected chi connectivity index (χ0v) is 15.3. The molecule has 1 N–H and O–H groups in total. The van der Waals surface area contributed by atoms with E-state index < -0.39 is 0 Å². The third-order valence-corrected chi connectivity index (χ3v) is 6.14. The van der Waals surface area contributed by atoms with Crippen LogP contribution in [-0.2, 0) is 0 Å². The first kappa shape index (κ1) is 16.6. The van der Waals surface area contributed by atoms with Crippen LogP contribution in [0.25, 0.3) is 0 Å². The van der Waals surface area contributed by atoms with E-state index in [1.165, 1.54) is 31.5 Å². The van der Waals surface area contributed by atoms with Crippen molar-refractivity contribution in [3.05, 3.63) is 53.7 Å². The normalized spacial score (nSPS) is 24.9. The zero-order valence-electron chi connectivity index (χ0n) is 14.4. The highest BCUT2D eigenvalue weighted by Crippen LogP contribution is 2.28. The van der Waals surface area contributed by atoms with Gasteiger partial charge in [-0.25, -0.2) is 4.98 Å². The third kappa shape index (κ3) is 3.88. The number of carbonyl (C=O) groups is 1. The van der Waals surface area contributed by atoms with Gasteiger partial charge in [-0.1, -0.05) is 11.8 Å². The highest BCUT2D eigenvalue weighted by atomic mass is 32.2. The summed E-state index contributed by atoms with van der Waals surface area (Å²) in [7, 11) is 0. The van der Waals surface area contributed by atoms with Crippen LogP contribution in [0, 0.1) is 12.8 Å². The maximum absolute atomic E-state index is 12.6. The highest BCUT2D eigenvalue weighted by molar-refractivity contribution is 7.99. The Hall–Kier alpha value is -1.85. The molecule has 3 aliphatic rings. The van der Waals surface area contributed by atoms with E-state index in [0.29, 0.717) is 12.0 Å². The number of carbonyl (C=O) groups excluding carboxylic acids is 1. The Bertz CT molecular complexity index is 754. The molecule has 130 valence electrons. The summed E-state index contributed by atoms with van der Waals surface area (Å²) in [4.78, 5) is 20.5.